The summed E-state index contributed by atoms with van der Waals surface area (Å²) in [5, 5.41) is 5.77. The summed E-state index contributed by atoms with van der Waals surface area (Å²) in [7, 11) is 0. The molecule has 0 aromatic carbocycles. The number of carbonyl (C=O) groups is 2. The molecule has 0 saturated carbocycles. The number of hydrogen-bond acceptors (Lipinski definition) is 4. The van der Waals surface area contributed by atoms with Crippen LogP contribution < -0.4 is 10.6 Å². The second-order valence-electron chi connectivity index (χ2n) is 6.78. The van der Waals surface area contributed by atoms with Crippen LogP contribution in [0.4, 0.5) is 0 Å². The predicted octanol–water partition coefficient (Wildman–Crippen LogP) is 1.15. The molecule has 23 heavy (non-hydrogen) atoms. The Morgan fingerprint density at radius 1 is 1.26 bits per heavy atom. The average molecular weight is 327 g/mol. The number of rotatable bonds is 8. The lowest BCUT2D eigenvalue weighted by Gasteiger charge is -2.37. The van der Waals surface area contributed by atoms with Crippen molar-refractivity contribution in [2.45, 2.75) is 59.6 Å². The summed E-state index contributed by atoms with van der Waals surface area (Å²) in [6.07, 6.45) is 1.92. The zero-order chi connectivity index (χ0) is 17.5. The molecule has 2 N–H and O–H groups in total. The van der Waals surface area contributed by atoms with E-state index in [-0.39, 0.29) is 24.0 Å². The van der Waals surface area contributed by atoms with Crippen molar-refractivity contribution in [1.29, 1.82) is 0 Å². The van der Waals surface area contributed by atoms with Crippen LogP contribution in [0, 0.1) is 5.41 Å². The smallest absolute Gasteiger partial charge is 0.237 e. The van der Waals surface area contributed by atoms with Gasteiger partial charge in [-0.15, -0.1) is 0 Å². The zero-order valence-corrected chi connectivity index (χ0v) is 15.3. The van der Waals surface area contributed by atoms with Crippen molar-refractivity contribution in [1.82, 2.24) is 15.5 Å². The Bertz CT molecular complexity index is 399. The summed E-state index contributed by atoms with van der Waals surface area (Å²) in [6.45, 7) is 12.9. The second-order valence-corrected chi connectivity index (χ2v) is 6.78. The molecule has 1 aliphatic rings. The Balaban J connectivity index is 2.58. The number of nitrogens with one attached hydrogen (secondary N) is 2. The number of amides is 2. The molecule has 2 atom stereocenters. The van der Waals surface area contributed by atoms with Crippen LogP contribution in [0.15, 0.2) is 0 Å². The lowest BCUT2D eigenvalue weighted by atomic mass is 9.92. The lowest BCUT2D eigenvalue weighted by molar-refractivity contribution is -0.132. The van der Waals surface area contributed by atoms with Crippen LogP contribution in [0.3, 0.4) is 0 Å². The zero-order valence-electron chi connectivity index (χ0n) is 15.3. The average Bonchev–Trinajstić information content (AvgIpc) is 2.54. The first-order valence-electron chi connectivity index (χ1n) is 8.77. The molecule has 1 aliphatic heterocycles. The van der Waals surface area contributed by atoms with E-state index in [0.717, 1.165) is 25.9 Å². The fourth-order valence-corrected chi connectivity index (χ4v) is 2.79. The number of hydrogen-bond donors (Lipinski definition) is 2. The standard InChI is InChI=1S/C17H33N3O3/c1-6-13-11-20(9-10-23-13)14(7-2)15(21)19-12-17(4,5)16(22)18-8-3/h13-14H,6-12H2,1-5H3,(H,18,22)(H,19,21)/t13-,14-/m1/s1. The predicted molar refractivity (Wildman–Crippen MR) is 91.2 cm³/mol. The normalized spacial score (nSPS) is 20.8. The van der Waals surface area contributed by atoms with E-state index < -0.39 is 5.41 Å². The van der Waals surface area contributed by atoms with Crippen molar-refractivity contribution in [3.63, 3.8) is 0 Å². The number of ether oxygens (including phenoxy) is 1. The van der Waals surface area contributed by atoms with Crippen molar-refractivity contribution >= 4 is 11.8 Å². The minimum absolute atomic E-state index is 0.00151. The third kappa shape index (κ3) is 5.77. The molecular formula is C17H33N3O3. The van der Waals surface area contributed by atoms with Crippen LogP contribution >= 0.6 is 0 Å². The summed E-state index contributed by atoms with van der Waals surface area (Å²) in [6, 6.07) is -0.155. The van der Waals surface area contributed by atoms with Gasteiger partial charge in [0, 0.05) is 26.2 Å². The van der Waals surface area contributed by atoms with Gasteiger partial charge in [0.05, 0.1) is 24.2 Å². The lowest BCUT2D eigenvalue weighted by Crippen LogP contribution is -2.55. The van der Waals surface area contributed by atoms with Crippen LogP contribution in [-0.4, -0.2) is 61.6 Å². The van der Waals surface area contributed by atoms with Crippen molar-refractivity contribution in [2.24, 2.45) is 5.41 Å². The maximum absolute atomic E-state index is 12.6. The SMILES string of the molecule is CCNC(=O)C(C)(C)CNC(=O)[C@@H](CC)N1CCO[C@H](CC)C1. The van der Waals surface area contributed by atoms with Gasteiger partial charge in [-0.3, -0.25) is 14.5 Å². The fourth-order valence-electron chi connectivity index (χ4n) is 2.79. The third-order valence-electron chi connectivity index (χ3n) is 4.41. The molecule has 6 heteroatoms. The fraction of sp³-hybridized carbons (Fsp3) is 0.882. The molecule has 0 aromatic rings. The molecule has 0 aromatic heterocycles. The van der Waals surface area contributed by atoms with E-state index in [1.54, 1.807) is 0 Å². The number of carbonyl (C=O) groups excluding carboxylic acids is 2. The Hall–Kier alpha value is -1.14. The van der Waals surface area contributed by atoms with E-state index >= 15 is 0 Å². The van der Waals surface area contributed by atoms with E-state index in [4.69, 9.17) is 4.74 Å². The molecule has 6 nitrogen and oxygen atoms in total. The van der Waals surface area contributed by atoms with Crippen LogP contribution in [-0.2, 0) is 14.3 Å². The van der Waals surface area contributed by atoms with Gasteiger partial charge in [-0.1, -0.05) is 13.8 Å². The van der Waals surface area contributed by atoms with E-state index in [1.165, 1.54) is 0 Å². The van der Waals surface area contributed by atoms with Crippen molar-refractivity contribution in [2.75, 3.05) is 32.8 Å². The topological polar surface area (TPSA) is 70.7 Å². The molecule has 0 radical (unpaired) electrons. The molecular weight excluding hydrogens is 294 g/mol. The monoisotopic (exact) mass is 327 g/mol. The van der Waals surface area contributed by atoms with E-state index in [9.17, 15) is 9.59 Å². The highest BCUT2D eigenvalue weighted by atomic mass is 16.5. The minimum atomic E-state index is -0.610. The maximum atomic E-state index is 12.6. The van der Waals surface area contributed by atoms with E-state index in [2.05, 4.69) is 22.5 Å². The van der Waals surface area contributed by atoms with Gasteiger partial charge in [0.25, 0.3) is 0 Å². The molecule has 0 unspecified atom stereocenters. The highest BCUT2D eigenvalue weighted by Crippen LogP contribution is 2.16. The third-order valence-corrected chi connectivity index (χ3v) is 4.41. The van der Waals surface area contributed by atoms with Gasteiger partial charge in [-0.2, -0.15) is 0 Å². The summed E-state index contributed by atoms with van der Waals surface area (Å²) < 4.78 is 5.68. The van der Waals surface area contributed by atoms with Crippen molar-refractivity contribution < 1.29 is 14.3 Å². The number of nitrogens with zero attached hydrogens (tertiary/aromatic N) is 1. The largest absolute Gasteiger partial charge is 0.376 e. The minimum Gasteiger partial charge on any atom is -0.376 e. The van der Waals surface area contributed by atoms with Crippen LogP contribution in [0.2, 0.25) is 0 Å². The Kier molecular flexibility index (Phi) is 7.99. The molecule has 0 bridgehead atoms. The van der Waals surface area contributed by atoms with Gasteiger partial charge in [0.15, 0.2) is 0 Å². The molecule has 1 heterocycles. The molecule has 0 spiro atoms. The van der Waals surface area contributed by atoms with Gasteiger partial charge in [-0.05, 0) is 33.6 Å². The van der Waals surface area contributed by atoms with Crippen molar-refractivity contribution in [3.8, 4) is 0 Å². The Labute approximate surface area is 140 Å². The second kappa shape index (κ2) is 9.23. The highest BCUT2D eigenvalue weighted by molar-refractivity contribution is 5.85. The first-order chi connectivity index (χ1) is 10.9. The first-order valence-corrected chi connectivity index (χ1v) is 8.77. The Morgan fingerprint density at radius 2 is 1.96 bits per heavy atom. The number of morpholine rings is 1. The summed E-state index contributed by atoms with van der Waals surface area (Å²) in [5.74, 6) is -0.0348. The van der Waals surface area contributed by atoms with Gasteiger partial charge < -0.3 is 15.4 Å². The van der Waals surface area contributed by atoms with Gasteiger partial charge in [0.1, 0.15) is 0 Å². The van der Waals surface area contributed by atoms with Gasteiger partial charge in [0.2, 0.25) is 11.8 Å². The van der Waals surface area contributed by atoms with Crippen molar-refractivity contribution in [3.05, 3.63) is 0 Å². The molecule has 1 saturated heterocycles. The highest BCUT2D eigenvalue weighted by Gasteiger charge is 2.32. The summed E-state index contributed by atoms with van der Waals surface area (Å²) in [4.78, 5) is 26.8. The van der Waals surface area contributed by atoms with Gasteiger partial charge in [-0.25, -0.2) is 0 Å². The van der Waals surface area contributed by atoms with E-state index in [0.29, 0.717) is 19.7 Å². The molecule has 2 amide bonds. The van der Waals surface area contributed by atoms with Crippen LogP contribution in [0.5, 0.6) is 0 Å². The maximum Gasteiger partial charge on any atom is 0.237 e. The van der Waals surface area contributed by atoms with Crippen LogP contribution in [0.25, 0.3) is 0 Å². The molecule has 1 rings (SSSR count). The molecule has 0 aliphatic carbocycles. The molecule has 1 fully saturated rings. The Morgan fingerprint density at radius 3 is 2.52 bits per heavy atom. The molecule has 134 valence electrons. The van der Waals surface area contributed by atoms with E-state index in [1.807, 2.05) is 27.7 Å². The first kappa shape index (κ1) is 19.9. The summed E-state index contributed by atoms with van der Waals surface area (Å²) in [5.41, 5.74) is -0.610. The van der Waals surface area contributed by atoms with Crippen LogP contribution in [0.1, 0.15) is 47.5 Å². The quantitative estimate of drug-likeness (QED) is 0.702. The van der Waals surface area contributed by atoms with Gasteiger partial charge >= 0.3 is 0 Å². The summed E-state index contributed by atoms with van der Waals surface area (Å²) >= 11 is 0.